The van der Waals surface area contributed by atoms with Crippen LogP contribution in [0.1, 0.15) is 25.3 Å². The van der Waals surface area contributed by atoms with Gasteiger partial charge < -0.3 is 30.9 Å². The average molecular weight is 343 g/mol. The molecule has 134 valence electrons. The maximum Gasteiger partial charge on any atom is 0.323 e. The molecule has 0 aliphatic heterocycles. The average Bonchev–Trinajstić information content (AvgIpc) is 2.50. The summed E-state index contributed by atoms with van der Waals surface area (Å²) in [6, 6.07) is 3.55. The molecular formula is C15H21NO8. The minimum Gasteiger partial charge on any atom is -0.504 e. The van der Waals surface area contributed by atoms with E-state index in [4.69, 9.17) is 25.8 Å². The van der Waals surface area contributed by atoms with E-state index in [-0.39, 0.29) is 37.4 Å². The van der Waals surface area contributed by atoms with Crippen LogP contribution in [0.4, 0.5) is 0 Å². The highest BCUT2D eigenvalue weighted by Crippen LogP contribution is 2.25. The fourth-order valence-electron chi connectivity index (χ4n) is 1.50. The Morgan fingerprint density at radius 3 is 2.04 bits per heavy atom. The maximum absolute atomic E-state index is 11.2. The second kappa shape index (κ2) is 10.8. The minimum atomic E-state index is -1.08. The normalized spacial score (nSPS) is 10.9. The van der Waals surface area contributed by atoms with Crippen LogP contribution in [0.15, 0.2) is 18.2 Å². The Morgan fingerprint density at radius 2 is 1.62 bits per heavy atom. The van der Waals surface area contributed by atoms with Crippen LogP contribution < -0.4 is 5.73 Å². The molecule has 6 N–H and O–H groups in total. The predicted octanol–water partition coefficient (Wildman–Crippen LogP) is 0.466. The van der Waals surface area contributed by atoms with Gasteiger partial charge >= 0.3 is 17.9 Å². The van der Waals surface area contributed by atoms with Gasteiger partial charge in [0.05, 0.1) is 19.4 Å². The Bertz CT molecular complexity index is 559. The number of carboxylic acid groups (broad SMARTS) is 2. The molecule has 0 heterocycles. The lowest BCUT2D eigenvalue weighted by Gasteiger charge is -2.10. The van der Waals surface area contributed by atoms with Crippen molar-refractivity contribution >= 4 is 17.9 Å². The van der Waals surface area contributed by atoms with E-state index in [1.54, 1.807) is 13.0 Å². The van der Waals surface area contributed by atoms with Crippen molar-refractivity contribution in [2.24, 2.45) is 5.73 Å². The fraction of sp³-hybridized carbons (Fsp3) is 0.400. The van der Waals surface area contributed by atoms with E-state index in [2.05, 4.69) is 0 Å². The zero-order valence-corrected chi connectivity index (χ0v) is 13.1. The van der Waals surface area contributed by atoms with Crippen molar-refractivity contribution in [3.63, 3.8) is 0 Å². The van der Waals surface area contributed by atoms with Crippen LogP contribution in [-0.2, 0) is 25.5 Å². The number of carboxylic acids is 2. The van der Waals surface area contributed by atoms with E-state index in [9.17, 15) is 19.5 Å². The molecule has 1 aromatic carbocycles. The van der Waals surface area contributed by atoms with Gasteiger partial charge in [-0.15, -0.1) is 0 Å². The number of carbonyl (C=O) groups is 3. The number of rotatable bonds is 7. The molecule has 9 heteroatoms. The Balaban J connectivity index is 0.000000561. The first kappa shape index (κ1) is 21.2. The molecule has 0 unspecified atom stereocenters. The lowest BCUT2D eigenvalue weighted by atomic mass is 10.1. The molecule has 0 bridgehead atoms. The number of hydrogen-bond donors (Lipinski definition) is 5. The van der Waals surface area contributed by atoms with Gasteiger partial charge in [0.2, 0.25) is 0 Å². The van der Waals surface area contributed by atoms with Crippen molar-refractivity contribution in [1.82, 2.24) is 0 Å². The van der Waals surface area contributed by atoms with Gasteiger partial charge in [0.15, 0.2) is 11.5 Å². The van der Waals surface area contributed by atoms with Crippen molar-refractivity contribution in [3.05, 3.63) is 23.8 Å². The van der Waals surface area contributed by atoms with Crippen molar-refractivity contribution in [1.29, 1.82) is 0 Å². The molecule has 0 spiro atoms. The third kappa shape index (κ3) is 9.26. The van der Waals surface area contributed by atoms with E-state index in [0.29, 0.717) is 5.56 Å². The topological polar surface area (TPSA) is 167 Å². The third-order valence-corrected chi connectivity index (χ3v) is 2.64. The SMILES string of the molecule is CCOC(=O)[C@@H](N)Cc1ccc(O)c(O)c1.O=C(O)CCC(=O)O. The molecule has 1 rings (SSSR count). The summed E-state index contributed by atoms with van der Waals surface area (Å²) < 4.78 is 4.75. The van der Waals surface area contributed by atoms with Crippen LogP contribution in [0.3, 0.4) is 0 Å². The number of aromatic hydroxyl groups is 2. The second-order valence-corrected chi connectivity index (χ2v) is 4.67. The largest absolute Gasteiger partial charge is 0.504 e. The number of phenols is 2. The molecule has 0 saturated heterocycles. The van der Waals surface area contributed by atoms with E-state index < -0.39 is 23.9 Å². The molecule has 9 nitrogen and oxygen atoms in total. The number of nitrogens with two attached hydrogens (primary N) is 1. The van der Waals surface area contributed by atoms with Gasteiger partial charge in [-0.05, 0) is 31.0 Å². The summed E-state index contributed by atoms with van der Waals surface area (Å²) in [6.07, 6.45) is -0.336. The minimum absolute atomic E-state index is 0.201. The van der Waals surface area contributed by atoms with Crippen LogP contribution in [0.25, 0.3) is 0 Å². The van der Waals surface area contributed by atoms with Crippen molar-refractivity contribution in [3.8, 4) is 11.5 Å². The number of ether oxygens (including phenoxy) is 1. The lowest BCUT2D eigenvalue weighted by molar-refractivity contribution is -0.144. The van der Waals surface area contributed by atoms with Gasteiger partial charge in [0.1, 0.15) is 6.04 Å². The van der Waals surface area contributed by atoms with Crippen LogP contribution in [0.2, 0.25) is 0 Å². The van der Waals surface area contributed by atoms with Crippen LogP contribution in [-0.4, -0.2) is 51.0 Å². The number of phenolic OH excluding ortho intramolecular Hbond substituents is 2. The molecule has 0 aromatic heterocycles. The van der Waals surface area contributed by atoms with E-state index in [1.807, 2.05) is 0 Å². The molecule has 24 heavy (non-hydrogen) atoms. The lowest BCUT2D eigenvalue weighted by Crippen LogP contribution is -2.34. The summed E-state index contributed by atoms with van der Waals surface area (Å²) in [7, 11) is 0. The number of carbonyl (C=O) groups excluding carboxylic acids is 1. The first-order valence-corrected chi connectivity index (χ1v) is 7.04. The monoisotopic (exact) mass is 343 g/mol. The zero-order valence-electron chi connectivity index (χ0n) is 13.1. The number of hydrogen-bond acceptors (Lipinski definition) is 7. The Labute approximate surface area is 138 Å². The third-order valence-electron chi connectivity index (χ3n) is 2.64. The maximum atomic E-state index is 11.2. The molecule has 0 aliphatic carbocycles. The highest BCUT2D eigenvalue weighted by Gasteiger charge is 2.15. The van der Waals surface area contributed by atoms with Crippen LogP contribution >= 0.6 is 0 Å². The second-order valence-electron chi connectivity index (χ2n) is 4.67. The standard InChI is InChI=1S/C11H15NO4.C4H6O4/c1-2-16-11(15)8(12)5-7-3-4-9(13)10(14)6-7;5-3(6)1-2-4(7)8/h3-4,6,8,13-14H,2,5,12H2,1H3;1-2H2,(H,5,6)(H,7,8)/t8-;/m0./s1. The molecule has 1 aromatic rings. The Morgan fingerprint density at radius 1 is 1.08 bits per heavy atom. The van der Waals surface area contributed by atoms with E-state index >= 15 is 0 Å². The first-order valence-electron chi connectivity index (χ1n) is 7.04. The molecule has 0 amide bonds. The smallest absolute Gasteiger partial charge is 0.323 e. The predicted molar refractivity (Wildman–Crippen MR) is 82.6 cm³/mol. The zero-order chi connectivity index (χ0) is 18.7. The number of benzene rings is 1. The van der Waals surface area contributed by atoms with Gasteiger partial charge in [-0.2, -0.15) is 0 Å². The van der Waals surface area contributed by atoms with Crippen LogP contribution in [0, 0.1) is 0 Å². The number of aliphatic carboxylic acids is 2. The Kier molecular flexibility index (Phi) is 9.57. The van der Waals surface area contributed by atoms with Crippen LogP contribution in [0.5, 0.6) is 11.5 Å². The summed E-state index contributed by atoms with van der Waals surface area (Å²) in [6.45, 7) is 1.99. The van der Waals surface area contributed by atoms with Crippen molar-refractivity contribution in [2.45, 2.75) is 32.2 Å². The summed E-state index contributed by atoms with van der Waals surface area (Å²) >= 11 is 0. The summed E-state index contributed by atoms with van der Waals surface area (Å²) in [5, 5.41) is 34.1. The van der Waals surface area contributed by atoms with Crippen molar-refractivity contribution < 1.29 is 39.5 Å². The highest BCUT2D eigenvalue weighted by molar-refractivity contribution is 5.76. The summed E-state index contributed by atoms with van der Waals surface area (Å²) in [5.74, 6) is -3.06. The summed E-state index contributed by atoms with van der Waals surface area (Å²) in [5.41, 5.74) is 6.27. The van der Waals surface area contributed by atoms with Gasteiger partial charge in [-0.25, -0.2) is 0 Å². The summed E-state index contributed by atoms with van der Waals surface area (Å²) in [4.78, 5) is 30.5. The molecule has 0 radical (unpaired) electrons. The van der Waals surface area contributed by atoms with Gasteiger partial charge in [-0.3, -0.25) is 14.4 Å². The van der Waals surface area contributed by atoms with Gasteiger partial charge in [0, 0.05) is 0 Å². The quantitative estimate of drug-likeness (QED) is 0.349. The van der Waals surface area contributed by atoms with Crippen molar-refractivity contribution in [2.75, 3.05) is 6.61 Å². The number of esters is 1. The highest BCUT2D eigenvalue weighted by atomic mass is 16.5. The first-order chi connectivity index (χ1) is 11.2. The molecule has 1 atom stereocenters. The van der Waals surface area contributed by atoms with Gasteiger partial charge in [-0.1, -0.05) is 6.07 Å². The van der Waals surface area contributed by atoms with E-state index in [1.165, 1.54) is 12.1 Å². The Hall–Kier alpha value is -2.81. The molecule has 0 saturated carbocycles. The van der Waals surface area contributed by atoms with Gasteiger partial charge in [0.25, 0.3) is 0 Å². The molecular weight excluding hydrogens is 322 g/mol. The van der Waals surface area contributed by atoms with E-state index in [0.717, 1.165) is 0 Å². The fourth-order valence-corrected chi connectivity index (χ4v) is 1.50. The molecule has 0 fully saturated rings. The molecule has 0 aliphatic rings.